The number of hydrogen-bond acceptors (Lipinski definition) is 6. The number of esters is 1. The fourth-order valence-electron chi connectivity index (χ4n) is 4.16. The molecule has 7 nitrogen and oxygen atoms in total. The fraction of sp³-hybridized carbons (Fsp3) is 0.476. The Balaban J connectivity index is 1.74. The Labute approximate surface area is 164 Å². The Morgan fingerprint density at radius 2 is 1.89 bits per heavy atom. The van der Waals surface area contributed by atoms with Gasteiger partial charge < -0.3 is 19.9 Å². The summed E-state index contributed by atoms with van der Waals surface area (Å²) in [5.74, 6) is -0.458. The first kappa shape index (κ1) is 20.1. The van der Waals surface area contributed by atoms with Crippen molar-refractivity contribution in [3.8, 4) is 0 Å². The van der Waals surface area contributed by atoms with E-state index in [-0.39, 0.29) is 11.7 Å². The number of aromatic nitrogens is 1. The highest BCUT2D eigenvalue weighted by atomic mass is 16.6. The maximum absolute atomic E-state index is 12.4. The van der Waals surface area contributed by atoms with E-state index in [1.807, 2.05) is 18.2 Å². The second-order valence-corrected chi connectivity index (χ2v) is 7.73. The largest absolute Gasteiger partial charge is 0.444 e. The molecule has 150 valence electrons. The van der Waals surface area contributed by atoms with E-state index in [1.165, 1.54) is 11.6 Å². The van der Waals surface area contributed by atoms with E-state index in [1.54, 1.807) is 6.92 Å². The molecule has 1 unspecified atom stereocenters. The fourth-order valence-corrected chi connectivity index (χ4v) is 4.16. The highest BCUT2D eigenvalue weighted by Gasteiger charge is 2.46. The summed E-state index contributed by atoms with van der Waals surface area (Å²) in [5, 5.41) is 3.67. The SMILES string of the molecule is Cc1cc(C(=O)OC2(C(N)=O)CCC(C(c3ccccc3)N(C)C)CC2)no1. The zero-order chi connectivity index (χ0) is 20.3. The molecule has 28 heavy (non-hydrogen) atoms. The molecule has 0 bridgehead atoms. The molecule has 3 rings (SSSR count). The van der Waals surface area contributed by atoms with Crippen LogP contribution in [0, 0.1) is 12.8 Å². The third kappa shape index (κ3) is 4.09. The zero-order valence-corrected chi connectivity index (χ0v) is 16.6. The molecule has 0 spiro atoms. The number of amides is 1. The topological polar surface area (TPSA) is 98.7 Å². The van der Waals surface area contributed by atoms with Crippen LogP contribution in [-0.2, 0) is 9.53 Å². The van der Waals surface area contributed by atoms with Crippen LogP contribution in [0.5, 0.6) is 0 Å². The summed E-state index contributed by atoms with van der Waals surface area (Å²) in [6, 6.07) is 12.0. The van der Waals surface area contributed by atoms with Gasteiger partial charge >= 0.3 is 5.97 Å². The average molecular weight is 385 g/mol. The van der Waals surface area contributed by atoms with Gasteiger partial charge in [0.25, 0.3) is 5.91 Å². The summed E-state index contributed by atoms with van der Waals surface area (Å²) < 4.78 is 10.5. The number of carbonyl (C=O) groups is 2. The number of primary amides is 1. The van der Waals surface area contributed by atoms with Crippen molar-refractivity contribution in [3.63, 3.8) is 0 Å². The lowest BCUT2D eigenvalue weighted by molar-refractivity contribution is -0.142. The molecule has 1 aromatic heterocycles. The number of hydrogen-bond donors (Lipinski definition) is 1. The van der Waals surface area contributed by atoms with Crippen molar-refractivity contribution in [2.75, 3.05) is 14.1 Å². The van der Waals surface area contributed by atoms with Crippen molar-refractivity contribution < 1.29 is 18.8 Å². The maximum atomic E-state index is 12.4. The Morgan fingerprint density at radius 3 is 2.39 bits per heavy atom. The molecule has 0 radical (unpaired) electrons. The van der Waals surface area contributed by atoms with Crippen LogP contribution in [0.4, 0.5) is 0 Å². The number of carbonyl (C=O) groups excluding carboxylic acids is 2. The molecule has 7 heteroatoms. The molecule has 1 aromatic carbocycles. The highest BCUT2D eigenvalue weighted by molar-refractivity contribution is 5.92. The summed E-state index contributed by atoms with van der Waals surface area (Å²) >= 11 is 0. The quantitative estimate of drug-likeness (QED) is 0.768. The van der Waals surface area contributed by atoms with Gasteiger partial charge in [0, 0.05) is 12.1 Å². The van der Waals surface area contributed by atoms with E-state index < -0.39 is 17.5 Å². The van der Waals surface area contributed by atoms with Crippen LogP contribution in [0.25, 0.3) is 0 Å². The number of nitrogens with two attached hydrogens (primary N) is 1. The Kier molecular flexibility index (Phi) is 5.84. The first-order chi connectivity index (χ1) is 13.3. The van der Waals surface area contributed by atoms with Gasteiger partial charge in [0.05, 0.1) is 0 Å². The number of ether oxygens (including phenoxy) is 1. The Morgan fingerprint density at radius 1 is 1.25 bits per heavy atom. The summed E-state index contributed by atoms with van der Waals surface area (Å²) in [6.45, 7) is 1.68. The molecule has 2 aromatic rings. The van der Waals surface area contributed by atoms with Crippen LogP contribution < -0.4 is 5.73 Å². The second kappa shape index (κ2) is 8.14. The van der Waals surface area contributed by atoms with Crippen molar-refractivity contribution in [2.24, 2.45) is 11.7 Å². The first-order valence-corrected chi connectivity index (χ1v) is 9.50. The van der Waals surface area contributed by atoms with E-state index in [4.69, 9.17) is 15.0 Å². The predicted molar refractivity (Wildman–Crippen MR) is 103 cm³/mol. The van der Waals surface area contributed by atoms with Gasteiger partial charge in [-0.2, -0.15) is 0 Å². The molecule has 1 aliphatic carbocycles. The monoisotopic (exact) mass is 385 g/mol. The number of benzene rings is 1. The zero-order valence-electron chi connectivity index (χ0n) is 16.6. The third-order valence-electron chi connectivity index (χ3n) is 5.56. The van der Waals surface area contributed by atoms with Crippen LogP contribution in [-0.4, -0.2) is 41.6 Å². The molecular weight excluding hydrogens is 358 g/mol. The van der Waals surface area contributed by atoms with Crippen LogP contribution in [0.3, 0.4) is 0 Å². The molecule has 0 aliphatic heterocycles. The summed E-state index contributed by atoms with van der Waals surface area (Å²) in [5.41, 5.74) is 5.65. The maximum Gasteiger partial charge on any atom is 0.361 e. The number of nitrogens with zero attached hydrogens (tertiary/aromatic N) is 2. The van der Waals surface area contributed by atoms with E-state index in [9.17, 15) is 9.59 Å². The van der Waals surface area contributed by atoms with Gasteiger partial charge in [-0.15, -0.1) is 0 Å². The Bertz CT molecular complexity index is 823. The number of rotatable bonds is 6. The summed E-state index contributed by atoms with van der Waals surface area (Å²) in [7, 11) is 4.11. The van der Waals surface area contributed by atoms with E-state index in [2.05, 4.69) is 36.3 Å². The molecule has 0 saturated heterocycles. The molecule has 1 heterocycles. The predicted octanol–water partition coefficient (Wildman–Crippen LogP) is 2.86. The molecular formula is C21H27N3O4. The third-order valence-corrected chi connectivity index (χ3v) is 5.56. The van der Waals surface area contributed by atoms with E-state index in [0.29, 0.717) is 24.5 Å². The smallest absolute Gasteiger partial charge is 0.361 e. The van der Waals surface area contributed by atoms with Crippen molar-refractivity contribution >= 4 is 11.9 Å². The van der Waals surface area contributed by atoms with Gasteiger partial charge in [-0.1, -0.05) is 35.5 Å². The van der Waals surface area contributed by atoms with Gasteiger partial charge in [-0.25, -0.2) is 4.79 Å². The van der Waals surface area contributed by atoms with Crippen molar-refractivity contribution in [2.45, 2.75) is 44.2 Å². The van der Waals surface area contributed by atoms with Crippen LogP contribution in [0.2, 0.25) is 0 Å². The molecule has 1 atom stereocenters. The Hall–Kier alpha value is -2.67. The van der Waals surface area contributed by atoms with Gasteiger partial charge in [-0.05, 0) is 58.2 Å². The minimum absolute atomic E-state index is 0.0516. The summed E-state index contributed by atoms with van der Waals surface area (Å²) in [6.07, 6.45) is 2.25. The molecule has 2 N–H and O–H groups in total. The van der Waals surface area contributed by atoms with Gasteiger partial charge in [0.1, 0.15) is 5.76 Å². The first-order valence-electron chi connectivity index (χ1n) is 9.50. The van der Waals surface area contributed by atoms with E-state index >= 15 is 0 Å². The normalized spacial score (nSPS) is 23.4. The molecule has 1 aliphatic rings. The van der Waals surface area contributed by atoms with Gasteiger partial charge in [0.2, 0.25) is 0 Å². The minimum Gasteiger partial charge on any atom is -0.444 e. The van der Waals surface area contributed by atoms with Crippen molar-refractivity contribution in [3.05, 3.63) is 53.4 Å². The number of aryl methyl sites for hydroxylation is 1. The lowest BCUT2D eigenvalue weighted by Crippen LogP contribution is -2.51. The van der Waals surface area contributed by atoms with Gasteiger partial charge in [-0.3, -0.25) is 4.79 Å². The molecule has 1 amide bonds. The van der Waals surface area contributed by atoms with E-state index in [0.717, 1.165) is 12.8 Å². The van der Waals surface area contributed by atoms with Crippen LogP contribution in [0.15, 0.2) is 40.9 Å². The standard InChI is InChI=1S/C21H27N3O4/c1-14-13-17(23-28-14)19(25)27-21(20(22)26)11-9-16(10-12-21)18(24(2)3)15-7-5-4-6-8-15/h4-8,13,16,18H,9-12H2,1-3H3,(H2,22,26). The summed E-state index contributed by atoms with van der Waals surface area (Å²) in [4.78, 5) is 26.8. The lowest BCUT2D eigenvalue weighted by atomic mass is 9.73. The van der Waals surface area contributed by atoms with Crippen LogP contribution in [0.1, 0.15) is 53.5 Å². The average Bonchev–Trinajstić information content (AvgIpc) is 3.10. The van der Waals surface area contributed by atoms with Crippen LogP contribution >= 0.6 is 0 Å². The second-order valence-electron chi connectivity index (χ2n) is 7.73. The van der Waals surface area contributed by atoms with Crippen molar-refractivity contribution in [1.29, 1.82) is 0 Å². The van der Waals surface area contributed by atoms with Gasteiger partial charge in [0.15, 0.2) is 11.3 Å². The molecule has 1 saturated carbocycles. The lowest BCUT2D eigenvalue weighted by Gasteiger charge is -2.41. The highest BCUT2D eigenvalue weighted by Crippen LogP contribution is 2.42. The minimum atomic E-state index is -1.30. The molecule has 1 fully saturated rings. The van der Waals surface area contributed by atoms with Crippen molar-refractivity contribution in [1.82, 2.24) is 10.1 Å².